The lowest BCUT2D eigenvalue weighted by Crippen LogP contribution is -2.13. The molecule has 20 heavy (non-hydrogen) atoms. The molecule has 1 amide bonds. The maximum Gasteiger partial charge on any atom is 0.224 e. The molecular formula is C14H21FN2O2S. The van der Waals surface area contributed by atoms with Crippen LogP contribution in [0.1, 0.15) is 26.2 Å². The fraction of sp³-hybridized carbons (Fsp3) is 0.500. The normalized spacial score (nSPS) is 12.2. The first-order valence-electron chi connectivity index (χ1n) is 6.60. The number of nitrogens with two attached hydrogens (primary N) is 1. The molecule has 0 aromatic heterocycles. The van der Waals surface area contributed by atoms with Crippen LogP contribution in [-0.2, 0) is 4.79 Å². The second kappa shape index (κ2) is 8.81. The molecule has 4 nitrogen and oxygen atoms in total. The lowest BCUT2D eigenvalue weighted by molar-refractivity contribution is -0.116. The van der Waals surface area contributed by atoms with E-state index < -0.39 is 5.82 Å². The van der Waals surface area contributed by atoms with Gasteiger partial charge in [-0.05, 0) is 36.8 Å². The maximum absolute atomic E-state index is 12.9. The van der Waals surface area contributed by atoms with Gasteiger partial charge >= 0.3 is 0 Å². The van der Waals surface area contributed by atoms with Crippen LogP contribution in [0.25, 0.3) is 0 Å². The number of hydrogen-bond acceptors (Lipinski definition) is 4. The van der Waals surface area contributed by atoms with Gasteiger partial charge in [-0.1, -0.05) is 6.92 Å². The maximum atomic E-state index is 12.9. The summed E-state index contributed by atoms with van der Waals surface area (Å²) in [5.74, 6) is 0.321. The summed E-state index contributed by atoms with van der Waals surface area (Å²) in [6.07, 6.45) is 1.92. The molecule has 0 fully saturated rings. The monoisotopic (exact) mass is 300 g/mol. The van der Waals surface area contributed by atoms with Crippen LogP contribution in [0.5, 0.6) is 0 Å². The number of aliphatic hydroxyl groups is 1. The first-order valence-corrected chi connectivity index (χ1v) is 7.65. The topological polar surface area (TPSA) is 75.3 Å². The van der Waals surface area contributed by atoms with Gasteiger partial charge in [-0.25, -0.2) is 4.39 Å². The Morgan fingerprint density at radius 1 is 1.55 bits per heavy atom. The molecule has 0 aliphatic heterocycles. The first-order chi connectivity index (χ1) is 9.52. The number of benzene rings is 1. The highest BCUT2D eigenvalue weighted by atomic mass is 32.2. The minimum atomic E-state index is -0.422. The van der Waals surface area contributed by atoms with Crippen molar-refractivity contribution in [3.8, 4) is 0 Å². The van der Waals surface area contributed by atoms with Crippen LogP contribution in [-0.4, -0.2) is 28.6 Å². The van der Waals surface area contributed by atoms with E-state index in [4.69, 9.17) is 10.8 Å². The Bertz CT molecular complexity index is 443. The second-order valence-corrected chi connectivity index (χ2v) is 6.12. The van der Waals surface area contributed by atoms with E-state index in [0.29, 0.717) is 17.4 Å². The van der Waals surface area contributed by atoms with E-state index in [1.807, 2.05) is 0 Å². The standard InChI is InChI=1S/C14H21FN2O2S/c1-10(6-7-18)20-8-2-3-14(19)17-13-5-4-11(15)9-12(13)16/h4-5,9-10,18H,2-3,6-8,16H2,1H3,(H,17,19). The Morgan fingerprint density at radius 2 is 2.30 bits per heavy atom. The molecule has 0 spiro atoms. The number of carbonyl (C=O) groups is 1. The average molecular weight is 300 g/mol. The molecule has 6 heteroatoms. The smallest absolute Gasteiger partial charge is 0.224 e. The molecule has 0 heterocycles. The SMILES string of the molecule is CC(CCO)SCCCC(=O)Nc1ccc(F)cc1N. The number of hydrogen-bond donors (Lipinski definition) is 3. The van der Waals surface area contributed by atoms with E-state index in [2.05, 4.69) is 12.2 Å². The highest BCUT2D eigenvalue weighted by Gasteiger charge is 2.07. The van der Waals surface area contributed by atoms with Crippen LogP contribution < -0.4 is 11.1 Å². The number of carbonyl (C=O) groups excluding carboxylic acids is 1. The number of rotatable bonds is 8. The molecule has 1 aromatic rings. The van der Waals surface area contributed by atoms with Crippen LogP contribution >= 0.6 is 11.8 Å². The van der Waals surface area contributed by atoms with Crippen LogP contribution in [0.4, 0.5) is 15.8 Å². The van der Waals surface area contributed by atoms with Crippen molar-refractivity contribution in [2.24, 2.45) is 0 Å². The minimum absolute atomic E-state index is 0.126. The van der Waals surface area contributed by atoms with Gasteiger partial charge < -0.3 is 16.2 Å². The van der Waals surface area contributed by atoms with E-state index in [1.54, 1.807) is 11.8 Å². The Kier molecular flexibility index (Phi) is 7.40. The van der Waals surface area contributed by atoms with Crippen molar-refractivity contribution in [2.45, 2.75) is 31.4 Å². The van der Waals surface area contributed by atoms with Crippen molar-refractivity contribution < 1.29 is 14.3 Å². The van der Waals surface area contributed by atoms with E-state index in [0.717, 1.165) is 18.6 Å². The first kappa shape index (κ1) is 16.8. The summed E-state index contributed by atoms with van der Waals surface area (Å²) in [4.78, 5) is 11.7. The predicted octanol–water partition coefficient (Wildman–Crippen LogP) is 2.63. The van der Waals surface area contributed by atoms with E-state index in [1.165, 1.54) is 18.2 Å². The summed E-state index contributed by atoms with van der Waals surface area (Å²) in [5, 5.41) is 11.8. The molecule has 112 valence electrons. The minimum Gasteiger partial charge on any atom is -0.397 e. The molecule has 1 unspecified atom stereocenters. The third-order valence-corrected chi connectivity index (χ3v) is 4.10. The van der Waals surface area contributed by atoms with Crippen molar-refractivity contribution >= 4 is 29.0 Å². The number of nitrogens with one attached hydrogen (secondary N) is 1. The van der Waals surface area contributed by atoms with Crippen molar-refractivity contribution in [2.75, 3.05) is 23.4 Å². The number of nitrogen functional groups attached to an aromatic ring is 1. The summed E-state index contributed by atoms with van der Waals surface area (Å²) >= 11 is 1.74. The number of halogens is 1. The van der Waals surface area contributed by atoms with Crippen molar-refractivity contribution in [3.63, 3.8) is 0 Å². The molecule has 0 aliphatic rings. The Labute approximate surface area is 122 Å². The highest BCUT2D eigenvalue weighted by Crippen LogP contribution is 2.20. The molecule has 0 aliphatic carbocycles. The van der Waals surface area contributed by atoms with Crippen molar-refractivity contribution in [3.05, 3.63) is 24.0 Å². The van der Waals surface area contributed by atoms with Crippen LogP contribution in [0.15, 0.2) is 18.2 Å². The van der Waals surface area contributed by atoms with Gasteiger partial charge in [0.1, 0.15) is 5.82 Å². The summed E-state index contributed by atoms with van der Waals surface area (Å²) in [7, 11) is 0. The van der Waals surface area contributed by atoms with Gasteiger partial charge in [0.15, 0.2) is 0 Å². The zero-order valence-electron chi connectivity index (χ0n) is 11.6. The Morgan fingerprint density at radius 3 is 2.95 bits per heavy atom. The van der Waals surface area contributed by atoms with Gasteiger partial charge in [-0.2, -0.15) is 11.8 Å². The Hall–Kier alpha value is -1.27. The zero-order chi connectivity index (χ0) is 15.0. The molecule has 1 atom stereocenters. The molecule has 0 saturated heterocycles. The third-order valence-electron chi connectivity index (χ3n) is 2.77. The number of anilines is 2. The summed E-state index contributed by atoms with van der Waals surface area (Å²) in [6, 6.07) is 3.90. The summed E-state index contributed by atoms with van der Waals surface area (Å²) in [6.45, 7) is 2.25. The lowest BCUT2D eigenvalue weighted by Gasteiger charge is -2.10. The van der Waals surface area contributed by atoms with Crippen molar-refractivity contribution in [1.29, 1.82) is 0 Å². The molecule has 0 radical (unpaired) electrons. The molecule has 4 N–H and O–H groups in total. The Balaban J connectivity index is 2.26. The molecule has 0 saturated carbocycles. The summed E-state index contributed by atoms with van der Waals surface area (Å²) < 4.78 is 12.9. The van der Waals surface area contributed by atoms with E-state index in [-0.39, 0.29) is 18.2 Å². The number of aliphatic hydroxyl groups excluding tert-OH is 1. The third kappa shape index (κ3) is 6.25. The van der Waals surface area contributed by atoms with Gasteiger partial charge in [0.05, 0.1) is 11.4 Å². The molecule has 1 rings (SSSR count). The van der Waals surface area contributed by atoms with Gasteiger partial charge in [0.25, 0.3) is 0 Å². The quantitative estimate of drug-likeness (QED) is 0.509. The fourth-order valence-corrected chi connectivity index (χ4v) is 2.63. The molecule has 0 bridgehead atoms. The van der Waals surface area contributed by atoms with Crippen LogP contribution in [0.2, 0.25) is 0 Å². The summed E-state index contributed by atoms with van der Waals surface area (Å²) in [5.41, 5.74) is 6.28. The van der Waals surface area contributed by atoms with Crippen LogP contribution in [0.3, 0.4) is 0 Å². The van der Waals surface area contributed by atoms with Gasteiger partial charge in [0, 0.05) is 18.3 Å². The highest BCUT2D eigenvalue weighted by molar-refractivity contribution is 7.99. The van der Waals surface area contributed by atoms with E-state index in [9.17, 15) is 9.18 Å². The van der Waals surface area contributed by atoms with Crippen LogP contribution in [0, 0.1) is 5.82 Å². The zero-order valence-corrected chi connectivity index (χ0v) is 12.4. The fourth-order valence-electron chi connectivity index (χ4n) is 1.64. The number of thioether (sulfide) groups is 1. The largest absolute Gasteiger partial charge is 0.397 e. The average Bonchev–Trinajstić information content (AvgIpc) is 2.38. The second-order valence-electron chi connectivity index (χ2n) is 4.58. The van der Waals surface area contributed by atoms with Crippen molar-refractivity contribution in [1.82, 2.24) is 0 Å². The van der Waals surface area contributed by atoms with Gasteiger partial charge in [-0.15, -0.1) is 0 Å². The number of amides is 1. The lowest BCUT2D eigenvalue weighted by atomic mass is 10.2. The molecule has 1 aromatic carbocycles. The van der Waals surface area contributed by atoms with E-state index >= 15 is 0 Å². The van der Waals surface area contributed by atoms with Gasteiger partial charge in [-0.3, -0.25) is 4.79 Å². The molecular weight excluding hydrogens is 279 g/mol. The van der Waals surface area contributed by atoms with Gasteiger partial charge in [0.2, 0.25) is 5.91 Å². The predicted molar refractivity (Wildman–Crippen MR) is 82.3 cm³/mol.